The lowest BCUT2D eigenvalue weighted by Crippen LogP contribution is -2.49. The number of fused-ring (bicyclic) bond motifs is 1. The fourth-order valence-corrected chi connectivity index (χ4v) is 2.71. The average Bonchev–Trinajstić information content (AvgIpc) is 2.72. The molecule has 1 atom stereocenters. The maximum Gasteiger partial charge on any atom is 0.123 e. The van der Waals surface area contributed by atoms with Crippen LogP contribution in [-0.2, 0) is 6.42 Å². The van der Waals surface area contributed by atoms with E-state index in [0.29, 0.717) is 6.04 Å². The summed E-state index contributed by atoms with van der Waals surface area (Å²) in [7, 11) is 2.14. The zero-order chi connectivity index (χ0) is 12.5. The molecule has 0 aliphatic carbocycles. The molecule has 18 heavy (non-hydrogen) atoms. The minimum Gasteiger partial charge on any atom is -0.361 e. The van der Waals surface area contributed by atoms with Gasteiger partial charge in [-0.15, -0.1) is 0 Å². The van der Waals surface area contributed by atoms with E-state index in [2.05, 4.69) is 22.2 Å². The van der Waals surface area contributed by atoms with Crippen molar-refractivity contribution in [1.29, 1.82) is 0 Å². The van der Waals surface area contributed by atoms with Crippen LogP contribution in [0, 0.1) is 5.82 Å². The Morgan fingerprint density at radius 2 is 2.33 bits per heavy atom. The van der Waals surface area contributed by atoms with Crippen LogP contribution in [0.5, 0.6) is 0 Å². The molecule has 0 radical (unpaired) electrons. The largest absolute Gasteiger partial charge is 0.361 e. The molecule has 4 heteroatoms. The van der Waals surface area contributed by atoms with Gasteiger partial charge in [-0.3, -0.25) is 0 Å². The second kappa shape index (κ2) is 4.71. The van der Waals surface area contributed by atoms with Crippen LogP contribution in [-0.4, -0.2) is 42.6 Å². The van der Waals surface area contributed by atoms with Crippen LogP contribution in [0.2, 0.25) is 0 Å². The Morgan fingerprint density at radius 3 is 3.17 bits per heavy atom. The lowest BCUT2D eigenvalue weighted by atomic mass is 10.0. The van der Waals surface area contributed by atoms with Gasteiger partial charge in [-0.2, -0.15) is 0 Å². The smallest absolute Gasteiger partial charge is 0.123 e. The molecule has 2 aromatic rings. The van der Waals surface area contributed by atoms with Gasteiger partial charge in [-0.1, -0.05) is 0 Å². The third kappa shape index (κ3) is 2.26. The highest BCUT2D eigenvalue weighted by Gasteiger charge is 2.18. The SMILES string of the molecule is CN1CCNC(Cc2c[nH]c3ccc(F)cc23)C1. The van der Waals surface area contributed by atoms with Crippen LogP contribution in [0.15, 0.2) is 24.4 Å². The van der Waals surface area contributed by atoms with E-state index in [9.17, 15) is 4.39 Å². The van der Waals surface area contributed by atoms with Gasteiger partial charge in [0.05, 0.1) is 0 Å². The first kappa shape index (κ1) is 11.7. The molecule has 2 heterocycles. The number of hydrogen-bond acceptors (Lipinski definition) is 2. The lowest BCUT2D eigenvalue weighted by molar-refractivity contribution is 0.238. The summed E-state index contributed by atoms with van der Waals surface area (Å²) in [5.41, 5.74) is 2.20. The second-order valence-electron chi connectivity index (χ2n) is 5.12. The number of nitrogens with one attached hydrogen (secondary N) is 2. The molecule has 1 unspecified atom stereocenters. The van der Waals surface area contributed by atoms with Crippen LogP contribution in [0.25, 0.3) is 10.9 Å². The Morgan fingerprint density at radius 1 is 1.44 bits per heavy atom. The molecule has 0 bridgehead atoms. The Kier molecular flexibility index (Phi) is 3.06. The van der Waals surface area contributed by atoms with Gasteiger partial charge in [-0.05, 0) is 37.2 Å². The first-order valence-corrected chi connectivity index (χ1v) is 6.40. The number of hydrogen-bond donors (Lipinski definition) is 2. The van der Waals surface area contributed by atoms with Crippen molar-refractivity contribution in [1.82, 2.24) is 15.2 Å². The summed E-state index contributed by atoms with van der Waals surface area (Å²) in [6.07, 6.45) is 2.94. The van der Waals surface area contributed by atoms with E-state index >= 15 is 0 Å². The van der Waals surface area contributed by atoms with Crippen molar-refractivity contribution in [2.45, 2.75) is 12.5 Å². The Bertz CT molecular complexity index is 549. The van der Waals surface area contributed by atoms with Gasteiger partial charge in [-0.25, -0.2) is 4.39 Å². The third-order valence-corrected chi connectivity index (χ3v) is 3.65. The number of H-pyrrole nitrogens is 1. The molecule has 1 aromatic carbocycles. The van der Waals surface area contributed by atoms with Crippen LogP contribution in [0.1, 0.15) is 5.56 Å². The van der Waals surface area contributed by atoms with Crippen LogP contribution < -0.4 is 5.32 Å². The molecule has 0 spiro atoms. The maximum absolute atomic E-state index is 13.3. The summed E-state index contributed by atoms with van der Waals surface area (Å²) >= 11 is 0. The van der Waals surface area contributed by atoms with Crippen molar-refractivity contribution in [2.75, 3.05) is 26.7 Å². The van der Waals surface area contributed by atoms with E-state index < -0.39 is 0 Å². The molecular formula is C14H18FN3. The number of nitrogens with zero attached hydrogens (tertiary/aromatic N) is 1. The number of piperazine rings is 1. The number of rotatable bonds is 2. The Labute approximate surface area is 106 Å². The fourth-order valence-electron chi connectivity index (χ4n) is 2.71. The molecule has 1 aliphatic rings. The molecule has 3 rings (SSSR count). The number of benzene rings is 1. The minimum atomic E-state index is -0.169. The second-order valence-corrected chi connectivity index (χ2v) is 5.12. The van der Waals surface area contributed by atoms with Gasteiger partial charge in [0.25, 0.3) is 0 Å². The van der Waals surface area contributed by atoms with E-state index in [1.807, 2.05) is 6.20 Å². The normalized spacial score (nSPS) is 21.6. The Hall–Kier alpha value is -1.39. The monoisotopic (exact) mass is 247 g/mol. The summed E-state index contributed by atoms with van der Waals surface area (Å²) < 4.78 is 13.3. The third-order valence-electron chi connectivity index (χ3n) is 3.65. The van der Waals surface area contributed by atoms with Gasteiger partial charge in [0, 0.05) is 42.8 Å². The maximum atomic E-state index is 13.3. The van der Waals surface area contributed by atoms with Crippen molar-refractivity contribution < 1.29 is 4.39 Å². The predicted octanol–water partition coefficient (Wildman–Crippen LogP) is 1.75. The zero-order valence-electron chi connectivity index (χ0n) is 10.5. The van der Waals surface area contributed by atoms with Crippen molar-refractivity contribution in [3.63, 3.8) is 0 Å². The van der Waals surface area contributed by atoms with Crippen molar-refractivity contribution >= 4 is 10.9 Å². The highest BCUT2D eigenvalue weighted by molar-refractivity contribution is 5.83. The number of halogens is 1. The molecule has 1 aliphatic heterocycles. The van der Waals surface area contributed by atoms with Crippen LogP contribution >= 0.6 is 0 Å². The summed E-state index contributed by atoms with van der Waals surface area (Å²) in [6, 6.07) is 5.36. The highest BCUT2D eigenvalue weighted by atomic mass is 19.1. The van der Waals surface area contributed by atoms with Crippen molar-refractivity contribution in [3.8, 4) is 0 Å². The molecular weight excluding hydrogens is 229 g/mol. The van der Waals surface area contributed by atoms with E-state index in [-0.39, 0.29) is 5.82 Å². The molecule has 3 nitrogen and oxygen atoms in total. The molecule has 1 fully saturated rings. The van der Waals surface area contributed by atoms with E-state index in [1.165, 1.54) is 11.6 Å². The highest BCUT2D eigenvalue weighted by Crippen LogP contribution is 2.21. The molecule has 0 amide bonds. The van der Waals surface area contributed by atoms with Crippen LogP contribution in [0.4, 0.5) is 4.39 Å². The molecule has 1 saturated heterocycles. The quantitative estimate of drug-likeness (QED) is 0.847. The van der Waals surface area contributed by atoms with Gasteiger partial charge < -0.3 is 15.2 Å². The fraction of sp³-hybridized carbons (Fsp3) is 0.429. The van der Waals surface area contributed by atoms with Crippen molar-refractivity contribution in [3.05, 3.63) is 35.8 Å². The van der Waals surface area contributed by atoms with E-state index in [4.69, 9.17) is 0 Å². The minimum absolute atomic E-state index is 0.169. The topological polar surface area (TPSA) is 31.1 Å². The van der Waals surface area contributed by atoms with Crippen molar-refractivity contribution in [2.24, 2.45) is 0 Å². The summed E-state index contributed by atoms with van der Waals surface area (Å²) in [4.78, 5) is 5.54. The van der Waals surface area contributed by atoms with E-state index in [1.54, 1.807) is 12.1 Å². The van der Waals surface area contributed by atoms with E-state index in [0.717, 1.165) is 37.0 Å². The Balaban J connectivity index is 1.83. The predicted molar refractivity (Wildman–Crippen MR) is 71.2 cm³/mol. The molecule has 2 N–H and O–H groups in total. The standard InChI is InChI=1S/C14H18FN3/c1-18-5-4-16-12(9-18)6-10-8-17-14-3-2-11(15)7-13(10)14/h2-3,7-8,12,16-17H,4-6,9H2,1H3. The molecule has 96 valence electrons. The van der Waals surface area contributed by atoms with Gasteiger partial charge in [0.1, 0.15) is 5.82 Å². The zero-order valence-corrected chi connectivity index (χ0v) is 10.5. The lowest BCUT2D eigenvalue weighted by Gasteiger charge is -2.30. The molecule has 0 saturated carbocycles. The van der Waals surface area contributed by atoms with Gasteiger partial charge in [0.2, 0.25) is 0 Å². The summed E-state index contributed by atoms with van der Waals surface area (Å²) in [6.45, 7) is 3.17. The van der Waals surface area contributed by atoms with Crippen LogP contribution in [0.3, 0.4) is 0 Å². The summed E-state index contributed by atoms with van der Waals surface area (Å²) in [5, 5.41) is 4.52. The first-order chi connectivity index (χ1) is 8.72. The number of aromatic amines is 1. The number of aromatic nitrogens is 1. The van der Waals surface area contributed by atoms with Gasteiger partial charge >= 0.3 is 0 Å². The number of likely N-dealkylation sites (N-methyl/N-ethyl adjacent to an activating group) is 1. The van der Waals surface area contributed by atoms with Gasteiger partial charge in [0.15, 0.2) is 0 Å². The molecule has 1 aromatic heterocycles. The average molecular weight is 247 g/mol. The summed E-state index contributed by atoms with van der Waals surface area (Å²) in [5.74, 6) is -0.169. The first-order valence-electron chi connectivity index (χ1n) is 6.40.